The number of rotatable bonds is 5. The van der Waals surface area contributed by atoms with Crippen molar-refractivity contribution < 1.29 is 4.79 Å². The number of amides is 1. The van der Waals surface area contributed by atoms with Crippen molar-refractivity contribution in [1.29, 1.82) is 0 Å². The SMILES string of the molecule is CC(C)(C)CCNC(=O)CCNC(C)(C)C. The second-order valence-corrected chi connectivity index (χ2v) is 6.59. The molecule has 3 heteroatoms. The summed E-state index contributed by atoms with van der Waals surface area (Å²) in [7, 11) is 0. The van der Waals surface area contributed by atoms with E-state index in [-0.39, 0.29) is 16.9 Å². The van der Waals surface area contributed by atoms with Gasteiger partial charge in [0.2, 0.25) is 5.91 Å². The third-order valence-electron chi connectivity index (χ3n) is 2.20. The Bertz CT molecular complexity index is 189. The van der Waals surface area contributed by atoms with Crippen LogP contribution in [-0.2, 0) is 4.79 Å². The van der Waals surface area contributed by atoms with Crippen molar-refractivity contribution >= 4 is 5.91 Å². The highest BCUT2D eigenvalue weighted by Crippen LogP contribution is 2.16. The van der Waals surface area contributed by atoms with Crippen LogP contribution in [0.15, 0.2) is 0 Å². The molecule has 0 unspecified atom stereocenters. The van der Waals surface area contributed by atoms with Crippen LogP contribution in [0.3, 0.4) is 0 Å². The predicted molar refractivity (Wildman–Crippen MR) is 69.5 cm³/mol. The Balaban J connectivity index is 3.53. The second kappa shape index (κ2) is 6.24. The Kier molecular flexibility index (Phi) is 6.01. The molecular formula is C13H28N2O. The lowest BCUT2D eigenvalue weighted by molar-refractivity contribution is -0.121. The lowest BCUT2D eigenvalue weighted by Gasteiger charge is -2.20. The molecule has 0 radical (unpaired) electrons. The van der Waals surface area contributed by atoms with E-state index in [0.29, 0.717) is 6.42 Å². The number of hydrogen-bond donors (Lipinski definition) is 2. The van der Waals surface area contributed by atoms with Crippen LogP contribution in [0, 0.1) is 5.41 Å². The normalized spacial score (nSPS) is 12.6. The molecule has 0 spiro atoms. The quantitative estimate of drug-likeness (QED) is 0.758. The van der Waals surface area contributed by atoms with Gasteiger partial charge in [-0.2, -0.15) is 0 Å². The molecule has 3 nitrogen and oxygen atoms in total. The molecule has 0 bridgehead atoms. The molecule has 16 heavy (non-hydrogen) atoms. The van der Waals surface area contributed by atoms with Gasteiger partial charge in [-0.1, -0.05) is 20.8 Å². The maximum absolute atomic E-state index is 11.5. The van der Waals surface area contributed by atoms with Crippen LogP contribution >= 0.6 is 0 Å². The first kappa shape index (κ1) is 15.4. The molecule has 2 N–H and O–H groups in total. The first-order valence-electron chi connectivity index (χ1n) is 6.12. The van der Waals surface area contributed by atoms with E-state index >= 15 is 0 Å². The summed E-state index contributed by atoms with van der Waals surface area (Å²) >= 11 is 0. The minimum absolute atomic E-state index is 0.0890. The average Bonchev–Trinajstić information content (AvgIpc) is 1.98. The second-order valence-electron chi connectivity index (χ2n) is 6.59. The van der Waals surface area contributed by atoms with E-state index in [4.69, 9.17) is 0 Å². The summed E-state index contributed by atoms with van der Waals surface area (Å²) in [5.41, 5.74) is 0.378. The van der Waals surface area contributed by atoms with Gasteiger partial charge in [0.05, 0.1) is 0 Å². The summed E-state index contributed by atoms with van der Waals surface area (Å²) in [6.07, 6.45) is 1.58. The van der Waals surface area contributed by atoms with Gasteiger partial charge in [0.15, 0.2) is 0 Å². The average molecular weight is 228 g/mol. The summed E-state index contributed by atoms with van der Waals surface area (Å²) in [4.78, 5) is 11.5. The van der Waals surface area contributed by atoms with Crippen molar-refractivity contribution in [2.45, 2.75) is 59.9 Å². The van der Waals surface area contributed by atoms with Gasteiger partial charge in [-0.25, -0.2) is 0 Å². The Hall–Kier alpha value is -0.570. The number of carbonyl (C=O) groups is 1. The molecule has 0 aromatic carbocycles. The van der Waals surface area contributed by atoms with E-state index in [1.165, 1.54) is 0 Å². The Morgan fingerprint density at radius 2 is 1.56 bits per heavy atom. The van der Waals surface area contributed by atoms with Gasteiger partial charge < -0.3 is 10.6 Å². The topological polar surface area (TPSA) is 41.1 Å². The monoisotopic (exact) mass is 228 g/mol. The van der Waals surface area contributed by atoms with Gasteiger partial charge in [-0.3, -0.25) is 4.79 Å². The summed E-state index contributed by atoms with van der Waals surface area (Å²) in [6.45, 7) is 14.4. The molecule has 0 heterocycles. The number of hydrogen-bond acceptors (Lipinski definition) is 2. The van der Waals surface area contributed by atoms with Crippen LogP contribution in [0.4, 0.5) is 0 Å². The van der Waals surface area contributed by atoms with Gasteiger partial charge in [-0.15, -0.1) is 0 Å². The minimum Gasteiger partial charge on any atom is -0.356 e. The zero-order valence-corrected chi connectivity index (χ0v) is 11.7. The zero-order chi connectivity index (χ0) is 12.8. The molecule has 0 rings (SSSR count). The highest BCUT2D eigenvalue weighted by Gasteiger charge is 2.11. The fourth-order valence-electron chi connectivity index (χ4n) is 1.22. The van der Waals surface area contributed by atoms with E-state index in [2.05, 4.69) is 52.2 Å². The molecule has 0 aliphatic carbocycles. The van der Waals surface area contributed by atoms with Crippen LogP contribution in [0.5, 0.6) is 0 Å². The van der Waals surface area contributed by atoms with Crippen molar-refractivity contribution in [3.8, 4) is 0 Å². The maximum atomic E-state index is 11.5. The van der Waals surface area contributed by atoms with Crippen LogP contribution in [0.2, 0.25) is 0 Å². The van der Waals surface area contributed by atoms with Gasteiger partial charge in [-0.05, 0) is 32.6 Å². The van der Waals surface area contributed by atoms with E-state index in [0.717, 1.165) is 19.5 Å². The first-order valence-corrected chi connectivity index (χ1v) is 6.12. The number of carbonyl (C=O) groups excluding carboxylic acids is 1. The lowest BCUT2D eigenvalue weighted by atomic mass is 9.92. The smallest absolute Gasteiger partial charge is 0.221 e. The molecule has 0 saturated heterocycles. The van der Waals surface area contributed by atoms with Crippen LogP contribution in [-0.4, -0.2) is 24.5 Å². The summed E-state index contributed by atoms with van der Waals surface area (Å²) in [5.74, 6) is 0.140. The van der Waals surface area contributed by atoms with Crippen LogP contribution in [0.25, 0.3) is 0 Å². The fraction of sp³-hybridized carbons (Fsp3) is 0.923. The minimum atomic E-state index is 0.0890. The van der Waals surface area contributed by atoms with Crippen LogP contribution < -0.4 is 10.6 Å². The molecule has 0 aliphatic heterocycles. The highest BCUT2D eigenvalue weighted by atomic mass is 16.1. The summed E-state index contributed by atoms with van der Waals surface area (Å²) in [5, 5.41) is 6.25. The zero-order valence-electron chi connectivity index (χ0n) is 11.7. The van der Waals surface area contributed by atoms with Crippen molar-refractivity contribution in [3.63, 3.8) is 0 Å². The van der Waals surface area contributed by atoms with Crippen molar-refractivity contribution in [1.82, 2.24) is 10.6 Å². The van der Waals surface area contributed by atoms with E-state index in [1.807, 2.05) is 0 Å². The van der Waals surface area contributed by atoms with E-state index in [1.54, 1.807) is 0 Å². The molecule has 96 valence electrons. The van der Waals surface area contributed by atoms with Gasteiger partial charge in [0.25, 0.3) is 0 Å². The molecule has 0 aliphatic rings. The van der Waals surface area contributed by atoms with Crippen molar-refractivity contribution in [3.05, 3.63) is 0 Å². The largest absolute Gasteiger partial charge is 0.356 e. The van der Waals surface area contributed by atoms with Gasteiger partial charge in [0.1, 0.15) is 0 Å². The lowest BCUT2D eigenvalue weighted by Crippen LogP contribution is -2.38. The first-order chi connectivity index (χ1) is 7.10. The predicted octanol–water partition coefficient (Wildman–Crippen LogP) is 2.32. The Morgan fingerprint density at radius 1 is 1.00 bits per heavy atom. The summed E-state index contributed by atoms with van der Waals surface area (Å²) in [6, 6.07) is 0. The number of nitrogens with one attached hydrogen (secondary N) is 2. The molecule has 1 amide bonds. The van der Waals surface area contributed by atoms with E-state index in [9.17, 15) is 4.79 Å². The fourth-order valence-corrected chi connectivity index (χ4v) is 1.22. The third-order valence-corrected chi connectivity index (χ3v) is 2.20. The Morgan fingerprint density at radius 3 is 2.00 bits per heavy atom. The molecule has 0 aromatic heterocycles. The van der Waals surface area contributed by atoms with Crippen molar-refractivity contribution in [2.75, 3.05) is 13.1 Å². The third kappa shape index (κ3) is 11.5. The Labute approximate surface area is 100 Å². The van der Waals surface area contributed by atoms with Gasteiger partial charge in [0, 0.05) is 25.0 Å². The molecule has 0 saturated carbocycles. The molecule has 0 aromatic rings. The van der Waals surface area contributed by atoms with Crippen molar-refractivity contribution in [2.24, 2.45) is 5.41 Å². The highest BCUT2D eigenvalue weighted by molar-refractivity contribution is 5.76. The molecular weight excluding hydrogens is 200 g/mol. The van der Waals surface area contributed by atoms with Gasteiger partial charge >= 0.3 is 0 Å². The van der Waals surface area contributed by atoms with Crippen LogP contribution in [0.1, 0.15) is 54.4 Å². The standard InChI is InChI=1S/C13H28N2O/c1-12(2,3)8-10-14-11(16)7-9-15-13(4,5)6/h15H,7-10H2,1-6H3,(H,14,16). The molecule has 0 fully saturated rings. The summed E-state index contributed by atoms with van der Waals surface area (Å²) < 4.78 is 0. The van der Waals surface area contributed by atoms with E-state index < -0.39 is 0 Å². The molecule has 0 atom stereocenters. The maximum Gasteiger partial charge on any atom is 0.221 e.